The van der Waals surface area contributed by atoms with Crippen LogP contribution in [-0.2, 0) is 0 Å². The van der Waals surface area contributed by atoms with Gasteiger partial charge in [-0.3, -0.25) is 15.0 Å². The summed E-state index contributed by atoms with van der Waals surface area (Å²) < 4.78 is 0. The highest BCUT2D eigenvalue weighted by Crippen LogP contribution is 2.43. The largest absolute Gasteiger partial charge is 0.251 e. The second-order valence-electron chi connectivity index (χ2n) is 10.9. The predicted octanol–water partition coefficient (Wildman–Crippen LogP) is 6.11. The van der Waals surface area contributed by atoms with Gasteiger partial charge in [0, 0.05) is 7.92 Å². The number of hydrogen-bond acceptors (Lipinski definition) is 3. The Labute approximate surface area is 234 Å². The highest BCUT2D eigenvalue weighted by atomic mass is 31.1. The monoisotopic (exact) mass is 529 g/mol. The average molecular weight is 530 g/mol. The Morgan fingerprint density at radius 3 is 0.925 bits per heavy atom. The van der Waals surface area contributed by atoms with Crippen molar-refractivity contribution in [3.8, 4) is 0 Å². The molecule has 3 nitrogen and oxygen atoms in total. The molecule has 0 amide bonds. The Morgan fingerprint density at radius 2 is 0.625 bits per heavy atom. The summed E-state index contributed by atoms with van der Waals surface area (Å²) in [4.78, 5) is 16.3. The second kappa shape index (κ2) is 8.52. The van der Waals surface area contributed by atoms with Crippen LogP contribution in [-0.4, -0.2) is 15.0 Å². The molecule has 3 aliphatic heterocycles. The van der Waals surface area contributed by atoms with Crippen molar-refractivity contribution >= 4 is 24.2 Å². The Kier molecular flexibility index (Phi) is 4.76. The van der Waals surface area contributed by atoms with Crippen LogP contribution in [0.1, 0.15) is 68.2 Å². The normalized spacial score (nSPS) is 21.0. The van der Waals surface area contributed by atoms with E-state index >= 15 is 0 Å². The lowest BCUT2D eigenvalue weighted by Gasteiger charge is -2.29. The molecule has 10 rings (SSSR count). The summed E-state index contributed by atoms with van der Waals surface area (Å²) in [6, 6.07) is 46.9. The first-order valence-electron chi connectivity index (χ1n) is 13.8. The quantitative estimate of drug-likeness (QED) is 0.223. The zero-order valence-corrected chi connectivity index (χ0v) is 22.5. The van der Waals surface area contributed by atoms with Crippen molar-refractivity contribution in [3.05, 3.63) is 178 Å². The van der Waals surface area contributed by atoms with Gasteiger partial charge in [-0.25, -0.2) is 0 Å². The minimum Gasteiger partial charge on any atom is -0.251 e. The summed E-state index contributed by atoms with van der Waals surface area (Å²) >= 11 is 0. The Hall–Kier alpha value is -4.46. The summed E-state index contributed by atoms with van der Waals surface area (Å²) in [5.74, 6) is 0.0617. The van der Waals surface area contributed by atoms with Crippen LogP contribution in [0.15, 0.2) is 127 Å². The minimum atomic E-state index is -1.06. The molecule has 1 aliphatic carbocycles. The summed E-state index contributed by atoms with van der Waals surface area (Å²) in [6.07, 6.45) is 0. The summed E-state index contributed by atoms with van der Waals surface area (Å²) in [6.45, 7) is 0. The van der Waals surface area contributed by atoms with Crippen LogP contribution >= 0.6 is 7.92 Å². The van der Waals surface area contributed by atoms with Gasteiger partial charge in [-0.1, -0.05) is 91.0 Å². The smallest absolute Gasteiger partial charge is 0.0757 e. The van der Waals surface area contributed by atoms with Crippen molar-refractivity contribution in [1.82, 2.24) is 15.0 Å². The van der Waals surface area contributed by atoms with Crippen molar-refractivity contribution in [2.24, 2.45) is 0 Å². The molecule has 16 bridgehead atoms. The van der Waals surface area contributed by atoms with Gasteiger partial charge in [0.25, 0.3) is 0 Å². The van der Waals surface area contributed by atoms with Gasteiger partial charge in [-0.15, -0.1) is 0 Å². The molecule has 0 unspecified atom stereocenters. The van der Waals surface area contributed by atoms with Crippen molar-refractivity contribution in [1.29, 1.82) is 0 Å². The molecule has 6 aromatic rings. The van der Waals surface area contributed by atoms with Crippen molar-refractivity contribution in [2.75, 3.05) is 0 Å². The summed E-state index contributed by atoms with van der Waals surface area (Å²) in [7, 11) is -1.06. The molecule has 3 aromatic carbocycles. The second-order valence-corrected chi connectivity index (χ2v) is 13.0. The van der Waals surface area contributed by atoms with Crippen LogP contribution in [0.4, 0.5) is 0 Å². The van der Waals surface area contributed by atoms with Gasteiger partial charge >= 0.3 is 0 Å². The SMILES string of the molecule is c1cc2cc(c1)C1c3cccc(c3)C3c4cccc(c4)C2c2cccc(n2)P(c2cccc1n2)c1cccc3n1. The zero-order valence-electron chi connectivity index (χ0n) is 21.6. The minimum absolute atomic E-state index is 0.0206. The van der Waals surface area contributed by atoms with Gasteiger partial charge in [-0.2, -0.15) is 0 Å². The fraction of sp³-hybridized carbons (Fsp3) is 0.0833. The van der Waals surface area contributed by atoms with E-state index in [0.29, 0.717) is 0 Å². The van der Waals surface area contributed by atoms with Gasteiger partial charge in [0.2, 0.25) is 0 Å². The lowest BCUT2D eigenvalue weighted by molar-refractivity contribution is 0.863. The third-order valence-electron chi connectivity index (χ3n) is 8.57. The molecular formula is C36H24N3P. The van der Waals surface area contributed by atoms with Gasteiger partial charge in [0.15, 0.2) is 0 Å². The molecule has 0 radical (unpaired) electrons. The maximum atomic E-state index is 5.42. The van der Waals surface area contributed by atoms with E-state index in [1.54, 1.807) is 0 Å². The molecule has 188 valence electrons. The van der Waals surface area contributed by atoms with E-state index in [1.807, 2.05) is 0 Å². The van der Waals surface area contributed by atoms with E-state index < -0.39 is 7.92 Å². The van der Waals surface area contributed by atoms with Crippen molar-refractivity contribution < 1.29 is 0 Å². The standard InChI is InChI=1S/C36H24N3P/c1-7-22-19-23(8-1)35-25-10-3-12-27(21-25)36-26-11-2-9-24(20-26)34(22)28-13-4-16-31(37-28)40(32-17-5-14-29(35)38-32)33-18-6-15-30(36)39-33/h1-21,34-36H. The maximum absolute atomic E-state index is 5.42. The van der Waals surface area contributed by atoms with E-state index in [1.165, 1.54) is 33.4 Å². The van der Waals surface area contributed by atoms with E-state index in [4.69, 9.17) is 15.0 Å². The lowest BCUT2D eigenvalue weighted by Crippen LogP contribution is -2.30. The van der Waals surface area contributed by atoms with Gasteiger partial charge < -0.3 is 0 Å². The fourth-order valence-corrected chi connectivity index (χ4v) is 8.94. The van der Waals surface area contributed by atoms with Crippen LogP contribution in [0.25, 0.3) is 0 Å². The van der Waals surface area contributed by atoms with Gasteiger partial charge in [0.05, 0.1) is 51.1 Å². The number of pyridine rings is 3. The van der Waals surface area contributed by atoms with Crippen LogP contribution in [0.3, 0.4) is 0 Å². The van der Waals surface area contributed by atoms with E-state index in [9.17, 15) is 0 Å². The molecule has 3 aromatic heterocycles. The first-order chi connectivity index (χ1) is 19.8. The lowest BCUT2D eigenvalue weighted by atomic mass is 9.78. The average Bonchev–Trinajstić information content (AvgIpc) is 2.98. The zero-order chi connectivity index (χ0) is 26.2. The van der Waals surface area contributed by atoms with Crippen LogP contribution in [0.2, 0.25) is 0 Å². The molecule has 40 heavy (non-hydrogen) atoms. The number of benzene rings is 3. The first kappa shape index (κ1) is 22.4. The van der Waals surface area contributed by atoms with Crippen LogP contribution in [0.5, 0.6) is 0 Å². The van der Waals surface area contributed by atoms with E-state index in [2.05, 4.69) is 127 Å². The predicted molar refractivity (Wildman–Crippen MR) is 161 cm³/mol. The molecule has 4 aliphatic rings. The van der Waals surface area contributed by atoms with E-state index in [-0.39, 0.29) is 17.8 Å². The van der Waals surface area contributed by atoms with E-state index in [0.717, 1.165) is 33.4 Å². The number of rotatable bonds is 0. The first-order valence-corrected chi connectivity index (χ1v) is 15.1. The van der Waals surface area contributed by atoms with Crippen LogP contribution < -0.4 is 16.3 Å². The fourth-order valence-electron chi connectivity index (χ4n) is 6.88. The number of hydrogen-bond donors (Lipinski definition) is 0. The summed E-state index contributed by atoms with van der Waals surface area (Å²) in [5.41, 5.74) is 13.9. The number of aromatic nitrogens is 3. The molecule has 0 saturated carbocycles. The Morgan fingerprint density at radius 1 is 0.350 bits per heavy atom. The Balaban J connectivity index is 1.54. The molecule has 0 saturated heterocycles. The summed E-state index contributed by atoms with van der Waals surface area (Å²) in [5, 5.41) is 0. The van der Waals surface area contributed by atoms with Gasteiger partial charge in [-0.05, 0) is 69.8 Å². The topological polar surface area (TPSA) is 38.7 Å². The third-order valence-corrected chi connectivity index (χ3v) is 10.7. The molecule has 0 N–H and O–H groups in total. The van der Waals surface area contributed by atoms with Crippen LogP contribution in [0, 0.1) is 0 Å². The molecular weight excluding hydrogens is 505 g/mol. The third kappa shape index (κ3) is 3.31. The molecule has 4 heteroatoms. The van der Waals surface area contributed by atoms with Crippen molar-refractivity contribution in [2.45, 2.75) is 17.8 Å². The highest BCUT2D eigenvalue weighted by Gasteiger charge is 2.31. The highest BCUT2D eigenvalue weighted by molar-refractivity contribution is 7.79. The molecule has 0 fully saturated rings. The molecule has 0 atom stereocenters. The number of nitrogens with zero attached hydrogens (tertiary/aromatic N) is 3. The molecule has 0 spiro atoms. The van der Waals surface area contributed by atoms with Crippen molar-refractivity contribution in [3.63, 3.8) is 0 Å². The maximum Gasteiger partial charge on any atom is 0.0757 e. The Bertz CT molecular complexity index is 1480. The molecule has 6 heterocycles. The van der Waals surface area contributed by atoms with Gasteiger partial charge in [0.1, 0.15) is 0 Å².